The topological polar surface area (TPSA) is 61.4 Å². The summed E-state index contributed by atoms with van der Waals surface area (Å²) in [6.07, 6.45) is 1.26. The number of hydrogen-bond donors (Lipinski definition) is 2. The highest BCUT2D eigenvalue weighted by molar-refractivity contribution is 5.82. The van der Waals surface area contributed by atoms with Gasteiger partial charge < -0.3 is 15.5 Å². The van der Waals surface area contributed by atoms with Gasteiger partial charge in [0.1, 0.15) is 0 Å². The molecule has 2 N–H and O–H groups in total. The Balaban J connectivity index is 2.40. The van der Waals surface area contributed by atoms with E-state index in [0.717, 1.165) is 6.42 Å². The highest BCUT2D eigenvalue weighted by Gasteiger charge is 2.24. The molecule has 86 valence electrons. The van der Waals surface area contributed by atoms with Gasteiger partial charge in [-0.2, -0.15) is 0 Å². The molecule has 1 saturated heterocycles. The normalized spacial score (nSPS) is 23.8. The molecule has 1 fully saturated rings. The van der Waals surface area contributed by atoms with Crippen molar-refractivity contribution in [3.05, 3.63) is 0 Å². The van der Waals surface area contributed by atoms with Crippen molar-refractivity contribution in [2.45, 2.75) is 31.8 Å². The molecule has 0 saturated carbocycles. The molecule has 15 heavy (non-hydrogen) atoms. The molecule has 2 atom stereocenters. The minimum atomic E-state index is -0.187. The van der Waals surface area contributed by atoms with Crippen LogP contribution in [0, 0.1) is 0 Å². The Kier molecular flexibility index (Phi) is 4.08. The molecule has 2 amide bonds. The molecule has 1 heterocycles. The van der Waals surface area contributed by atoms with Crippen LogP contribution < -0.4 is 10.6 Å². The number of likely N-dealkylation sites (tertiary alicyclic amines) is 1. The fourth-order valence-corrected chi connectivity index (χ4v) is 1.59. The predicted octanol–water partition coefficient (Wildman–Crippen LogP) is -0.669. The Bertz CT molecular complexity index is 255. The summed E-state index contributed by atoms with van der Waals surface area (Å²) in [6, 6.07) is -0.0936. The van der Waals surface area contributed by atoms with Gasteiger partial charge in [0, 0.05) is 26.1 Å². The maximum atomic E-state index is 11.6. The molecule has 5 nitrogen and oxygen atoms in total. The third-order valence-electron chi connectivity index (χ3n) is 2.80. The number of amides is 2. The van der Waals surface area contributed by atoms with Crippen LogP contribution in [0.3, 0.4) is 0 Å². The predicted molar refractivity (Wildman–Crippen MR) is 57.3 cm³/mol. The van der Waals surface area contributed by atoms with E-state index < -0.39 is 0 Å². The van der Waals surface area contributed by atoms with Gasteiger partial charge in [0.2, 0.25) is 11.8 Å². The highest BCUT2D eigenvalue weighted by Crippen LogP contribution is 2.09. The number of likely N-dealkylation sites (N-methyl/N-ethyl adjacent to an activating group) is 2. The lowest BCUT2D eigenvalue weighted by atomic mass is 10.1. The number of nitrogens with zero attached hydrogens (tertiary/aromatic N) is 1. The molecule has 2 unspecified atom stereocenters. The summed E-state index contributed by atoms with van der Waals surface area (Å²) in [5.74, 6) is 0.146. The Morgan fingerprint density at radius 1 is 1.60 bits per heavy atom. The molecule has 0 spiro atoms. The van der Waals surface area contributed by atoms with E-state index in [4.69, 9.17) is 0 Å². The van der Waals surface area contributed by atoms with E-state index in [1.54, 1.807) is 19.0 Å². The monoisotopic (exact) mass is 213 g/mol. The average molecular weight is 213 g/mol. The van der Waals surface area contributed by atoms with Crippen LogP contribution in [0.15, 0.2) is 0 Å². The molecule has 0 bridgehead atoms. The van der Waals surface area contributed by atoms with Gasteiger partial charge in [-0.15, -0.1) is 0 Å². The first-order valence-electron chi connectivity index (χ1n) is 5.26. The van der Waals surface area contributed by atoms with E-state index >= 15 is 0 Å². The first-order chi connectivity index (χ1) is 7.04. The van der Waals surface area contributed by atoms with Crippen LogP contribution in [0.4, 0.5) is 0 Å². The second kappa shape index (κ2) is 5.11. The van der Waals surface area contributed by atoms with Gasteiger partial charge in [-0.3, -0.25) is 9.59 Å². The lowest BCUT2D eigenvalue weighted by Crippen LogP contribution is -2.52. The van der Waals surface area contributed by atoms with Crippen molar-refractivity contribution in [1.29, 1.82) is 0 Å². The maximum Gasteiger partial charge on any atom is 0.237 e. The zero-order valence-electron chi connectivity index (χ0n) is 9.54. The van der Waals surface area contributed by atoms with E-state index in [1.807, 2.05) is 6.92 Å². The first kappa shape index (κ1) is 12.0. The van der Waals surface area contributed by atoms with Crippen molar-refractivity contribution in [1.82, 2.24) is 15.5 Å². The summed E-state index contributed by atoms with van der Waals surface area (Å²) >= 11 is 0. The van der Waals surface area contributed by atoms with Gasteiger partial charge in [-0.05, 0) is 20.4 Å². The van der Waals surface area contributed by atoms with Crippen LogP contribution in [0.1, 0.15) is 19.8 Å². The molecule has 0 aromatic carbocycles. The summed E-state index contributed by atoms with van der Waals surface area (Å²) in [6.45, 7) is 2.42. The largest absolute Gasteiger partial charge is 0.350 e. The van der Waals surface area contributed by atoms with Gasteiger partial charge in [0.25, 0.3) is 0 Å². The van der Waals surface area contributed by atoms with Gasteiger partial charge in [-0.25, -0.2) is 0 Å². The molecule has 0 radical (unpaired) electrons. The molecule has 5 heteroatoms. The van der Waals surface area contributed by atoms with Crippen molar-refractivity contribution in [3.63, 3.8) is 0 Å². The molecule has 0 aromatic heterocycles. The van der Waals surface area contributed by atoms with Crippen LogP contribution in [-0.2, 0) is 9.59 Å². The molecule has 1 aliphatic rings. The van der Waals surface area contributed by atoms with E-state index in [0.29, 0.717) is 13.0 Å². The SMILES string of the molecule is CNC(C)C(=O)NC1CCC(=O)N(C)C1. The summed E-state index contributed by atoms with van der Waals surface area (Å²) in [7, 11) is 3.52. The van der Waals surface area contributed by atoms with E-state index in [2.05, 4.69) is 10.6 Å². The Hall–Kier alpha value is -1.10. The fourth-order valence-electron chi connectivity index (χ4n) is 1.59. The number of rotatable bonds is 3. The number of carbonyl (C=O) groups is 2. The Morgan fingerprint density at radius 3 is 2.80 bits per heavy atom. The molecule has 1 aliphatic heterocycles. The van der Waals surface area contributed by atoms with Crippen molar-refractivity contribution in [2.24, 2.45) is 0 Å². The minimum absolute atomic E-state index is 0.00903. The second-order valence-electron chi connectivity index (χ2n) is 4.03. The van der Waals surface area contributed by atoms with E-state index in [1.165, 1.54) is 0 Å². The molecular weight excluding hydrogens is 194 g/mol. The fraction of sp³-hybridized carbons (Fsp3) is 0.800. The lowest BCUT2D eigenvalue weighted by Gasteiger charge is -2.30. The minimum Gasteiger partial charge on any atom is -0.350 e. The van der Waals surface area contributed by atoms with Crippen LogP contribution in [0.25, 0.3) is 0 Å². The van der Waals surface area contributed by atoms with Crippen molar-refractivity contribution >= 4 is 11.8 Å². The third kappa shape index (κ3) is 3.20. The number of hydrogen-bond acceptors (Lipinski definition) is 3. The van der Waals surface area contributed by atoms with E-state index in [9.17, 15) is 9.59 Å². The maximum absolute atomic E-state index is 11.6. The summed E-state index contributed by atoms with van der Waals surface area (Å²) in [5.41, 5.74) is 0. The molecular formula is C10H19N3O2. The molecule has 1 rings (SSSR count). The zero-order valence-corrected chi connectivity index (χ0v) is 9.54. The summed E-state index contributed by atoms with van der Waals surface area (Å²) in [5, 5.41) is 5.81. The van der Waals surface area contributed by atoms with Crippen molar-refractivity contribution < 1.29 is 9.59 Å². The lowest BCUT2D eigenvalue weighted by molar-refractivity contribution is -0.134. The summed E-state index contributed by atoms with van der Waals surface area (Å²) < 4.78 is 0. The first-order valence-corrected chi connectivity index (χ1v) is 5.26. The van der Waals surface area contributed by atoms with Crippen LogP contribution >= 0.6 is 0 Å². The molecule has 0 aromatic rings. The Labute approximate surface area is 90.2 Å². The summed E-state index contributed by atoms with van der Waals surface area (Å²) in [4.78, 5) is 24.4. The van der Waals surface area contributed by atoms with Crippen LogP contribution in [0.2, 0.25) is 0 Å². The van der Waals surface area contributed by atoms with Gasteiger partial charge >= 0.3 is 0 Å². The highest BCUT2D eigenvalue weighted by atomic mass is 16.2. The zero-order chi connectivity index (χ0) is 11.4. The van der Waals surface area contributed by atoms with Crippen molar-refractivity contribution in [3.8, 4) is 0 Å². The van der Waals surface area contributed by atoms with Crippen molar-refractivity contribution in [2.75, 3.05) is 20.6 Å². The van der Waals surface area contributed by atoms with Gasteiger partial charge in [0.05, 0.1) is 6.04 Å². The molecule has 0 aliphatic carbocycles. The number of carbonyl (C=O) groups excluding carboxylic acids is 2. The Morgan fingerprint density at radius 2 is 2.27 bits per heavy atom. The van der Waals surface area contributed by atoms with E-state index in [-0.39, 0.29) is 23.9 Å². The van der Waals surface area contributed by atoms with Crippen LogP contribution in [-0.4, -0.2) is 49.4 Å². The quantitative estimate of drug-likeness (QED) is 0.653. The standard InChI is InChI=1S/C10H19N3O2/c1-7(11-2)10(15)12-8-4-5-9(14)13(3)6-8/h7-8,11H,4-6H2,1-3H3,(H,12,15). The van der Waals surface area contributed by atoms with Crippen LogP contribution in [0.5, 0.6) is 0 Å². The third-order valence-corrected chi connectivity index (χ3v) is 2.80. The average Bonchev–Trinajstić information content (AvgIpc) is 2.22. The second-order valence-corrected chi connectivity index (χ2v) is 4.03. The smallest absolute Gasteiger partial charge is 0.237 e. The number of piperidine rings is 1. The van der Waals surface area contributed by atoms with Gasteiger partial charge in [0.15, 0.2) is 0 Å². The number of nitrogens with one attached hydrogen (secondary N) is 2. The van der Waals surface area contributed by atoms with Gasteiger partial charge in [-0.1, -0.05) is 0 Å².